The number of benzene rings is 1. The van der Waals surface area contributed by atoms with Crippen LogP contribution in [0.15, 0.2) is 24.3 Å². The molecule has 0 fully saturated rings. The van der Waals surface area contributed by atoms with Crippen LogP contribution in [0.2, 0.25) is 0 Å². The molecule has 0 aliphatic carbocycles. The molecule has 0 atom stereocenters. The molecule has 0 saturated carbocycles. The van der Waals surface area contributed by atoms with Gasteiger partial charge in [-0.2, -0.15) is 0 Å². The van der Waals surface area contributed by atoms with Crippen molar-refractivity contribution in [2.75, 3.05) is 33.5 Å². The predicted molar refractivity (Wildman–Crippen MR) is 70.3 cm³/mol. The van der Waals surface area contributed by atoms with E-state index in [4.69, 9.17) is 25.4 Å². The molecule has 1 aromatic carbocycles. The molecule has 0 bridgehead atoms. The van der Waals surface area contributed by atoms with E-state index in [9.17, 15) is 0 Å². The molecule has 5 nitrogen and oxygen atoms in total. The Kier molecular flexibility index (Phi) is 6.83. The van der Waals surface area contributed by atoms with Crippen molar-refractivity contribution in [2.45, 2.75) is 6.42 Å². The summed E-state index contributed by atoms with van der Waals surface area (Å²) in [5, 5.41) is 7.33. The number of hydrogen-bond donors (Lipinski definition) is 2. The third kappa shape index (κ3) is 5.65. The molecule has 0 heterocycles. The van der Waals surface area contributed by atoms with Gasteiger partial charge in [0.05, 0.1) is 19.8 Å². The molecule has 0 radical (unpaired) electrons. The molecule has 0 unspecified atom stereocenters. The molecule has 1 rings (SSSR count). The van der Waals surface area contributed by atoms with Gasteiger partial charge in [0.15, 0.2) is 0 Å². The zero-order valence-corrected chi connectivity index (χ0v) is 10.6. The van der Waals surface area contributed by atoms with Gasteiger partial charge in [-0.15, -0.1) is 0 Å². The van der Waals surface area contributed by atoms with Crippen LogP contribution in [0.4, 0.5) is 0 Å². The largest absolute Gasteiger partial charge is 0.493 e. The Labute approximate surface area is 107 Å². The summed E-state index contributed by atoms with van der Waals surface area (Å²) in [7, 11) is 1.65. The fourth-order valence-electron chi connectivity index (χ4n) is 1.35. The number of rotatable bonds is 9. The van der Waals surface area contributed by atoms with Gasteiger partial charge < -0.3 is 19.9 Å². The highest BCUT2D eigenvalue weighted by Gasteiger charge is 1.99. The Bertz CT molecular complexity index is 369. The molecule has 5 heteroatoms. The zero-order valence-electron chi connectivity index (χ0n) is 10.6. The van der Waals surface area contributed by atoms with Crippen LogP contribution in [0.25, 0.3) is 0 Å². The van der Waals surface area contributed by atoms with E-state index in [0.717, 1.165) is 12.2 Å². The van der Waals surface area contributed by atoms with Gasteiger partial charge in [-0.1, -0.05) is 12.1 Å². The third-order valence-electron chi connectivity index (χ3n) is 2.28. The quantitative estimate of drug-likeness (QED) is 0.395. The van der Waals surface area contributed by atoms with E-state index in [-0.39, 0.29) is 5.84 Å². The Morgan fingerprint density at radius 3 is 2.78 bits per heavy atom. The van der Waals surface area contributed by atoms with Gasteiger partial charge >= 0.3 is 0 Å². The first-order valence-corrected chi connectivity index (χ1v) is 5.88. The molecule has 0 aliphatic heterocycles. The molecule has 0 spiro atoms. The van der Waals surface area contributed by atoms with Crippen molar-refractivity contribution < 1.29 is 14.2 Å². The van der Waals surface area contributed by atoms with Crippen molar-refractivity contribution >= 4 is 5.84 Å². The van der Waals surface area contributed by atoms with Gasteiger partial charge in [0.2, 0.25) is 0 Å². The molecule has 0 amide bonds. The minimum Gasteiger partial charge on any atom is -0.493 e. The van der Waals surface area contributed by atoms with Gasteiger partial charge in [0.25, 0.3) is 0 Å². The van der Waals surface area contributed by atoms with Crippen LogP contribution in [0.3, 0.4) is 0 Å². The summed E-state index contributed by atoms with van der Waals surface area (Å²) in [4.78, 5) is 0. The van der Waals surface area contributed by atoms with Crippen molar-refractivity contribution in [3.05, 3.63) is 29.8 Å². The maximum atomic E-state index is 7.33. The maximum Gasteiger partial charge on any atom is 0.122 e. The summed E-state index contributed by atoms with van der Waals surface area (Å²) in [5.74, 6) is 0.767. The van der Waals surface area contributed by atoms with E-state index in [0.29, 0.717) is 32.0 Å². The number of hydrogen-bond acceptors (Lipinski definition) is 4. The number of nitrogen functional groups attached to an aromatic ring is 1. The lowest BCUT2D eigenvalue weighted by Crippen LogP contribution is -2.11. The molecular formula is C13H20N2O3. The third-order valence-corrected chi connectivity index (χ3v) is 2.28. The Morgan fingerprint density at radius 2 is 2.06 bits per heavy atom. The van der Waals surface area contributed by atoms with Crippen molar-refractivity contribution in [3.63, 3.8) is 0 Å². The predicted octanol–water partition coefficient (Wildman–Crippen LogP) is 1.40. The normalized spacial score (nSPS) is 10.3. The number of nitrogens with two attached hydrogens (primary N) is 1. The molecular weight excluding hydrogens is 232 g/mol. The van der Waals surface area contributed by atoms with Crippen molar-refractivity contribution in [1.29, 1.82) is 5.41 Å². The van der Waals surface area contributed by atoms with E-state index < -0.39 is 0 Å². The smallest absolute Gasteiger partial charge is 0.122 e. The first-order chi connectivity index (χ1) is 8.74. The van der Waals surface area contributed by atoms with E-state index in [1.54, 1.807) is 19.2 Å². The Hall–Kier alpha value is -1.59. The average molecular weight is 252 g/mol. The molecule has 1 aromatic rings. The van der Waals surface area contributed by atoms with E-state index in [1.165, 1.54) is 0 Å². The second kappa shape index (κ2) is 8.49. The molecule has 100 valence electrons. The Balaban J connectivity index is 2.19. The minimum absolute atomic E-state index is 0.0448. The molecule has 0 aliphatic rings. The maximum absolute atomic E-state index is 7.33. The summed E-state index contributed by atoms with van der Waals surface area (Å²) in [6.45, 7) is 2.45. The summed E-state index contributed by atoms with van der Waals surface area (Å²) < 4.78 is 15.7. The van der Waals surface area contributed by atoms with E-state index in [2.05, 4.69) is 0 Å². The van der Waals surface area contributed by atoms with Crippen molar-refractivity contribution in [3.8, 4) is 5.75 Å². The van der Waals surface area contributed by atoms with Crippen LogP contribution >= 0.6 is 0 Å². The van der Waals surface area contributed by atoms with Crippen LogP contribution in [-0.2, 0) is 9.47 Å². The molecule has 3 N–H and O–H groups in total. The first-order valence-electron chi connectivity index (χ1n) is 5.88. The van der Waals surface area contributed by atoms with Crippen LogP contribution in [0, 0.1) is 5.41 Å². The fraction of sp³-hybridized carbons (Fsp3) is 0.462. The van der Waals surface area contributed by atoms with Crippen LogP contribution in [-0.4, -0.2) is 39.4 Å². The highest BCUT2D eigenvalue weighted by Crippen LogP contribution is 2.12. The summed E-state index contributed by atoms with van der Waals surface area (Å²) in [6.07, 6.45) is 0.814. The van der Waals surface area contributed by atoms with Gasteiger partial charge in [-0.3, -0.25) is 5.41 Å². The highest BCUT2D eigenvalue weighted by atomic mass is 16.5. The molecule has 0 aromatic heterocycles. The van der Waals surface area contributed by atoms with Gasteiger partial charge in [-0.05, 0) is 12.1 Å². The lowest BCUT2D eigenvalue weighted by atomic mass is 10.2. The van der Waals surface area contributed by atoms with Gasteiger partial charge in [-0.25, -0.2) is 0 Å². The zero-order chi connectivity index (χ0) is 13.2. The number of amidine groups is 1. The monoisotopic (exact) mass is 252 g/mol. The van der Waals surface area contributed by atoms with Crippen molar-refractivity contribution in [1.82, 2.24) is 0 Å². The Morgan fingerprint density at radius 1 is 1.22 bits per heavy atom. The van der Waals surface area contributed by atoms with Gasteiger partial charge in [0.1, 0.15) is 11.6 Å². The summed E-state index contributed by atoms with van der Waals surface area (Å²) >= 11 is 0. The van der Waals surface area contributed by atoms with E-state index >= 15 is 0 Å². The van der Waals surface area contributed by atoms with Crippen LogP contribution in [0.1, 0.15) is 12.0 Å². The van der Waals surface area contributed by atoms with Gasteiger partial charge in [0, 0.05) is 25.7 Å². The number of methoxy groups -OCH3 is 1. The lowest BCUT2D eigenvalue weighted by Gasteiger charge is -2.08. The summed E-state index contributed by atoms with van der Waals surface area (Å²) in [6, 6.07) is 7.20. The topological polar surface area (TPSA) is 77.6 Å². The standard InChI is InChI=1S/C13H20N2O3/c1-16-8-9-17-6-3-7-18-12-5-2-4-11(10-12)13(14)15/h2,4-5,10H,3,6-9H2,1H3,(H3,14,15). The van der Waals surface area contributed by atoms with Crippen LogP contribution in [0.5, 0.6) is 5.75 Å². The second-order valence-corrected chi connectivity index (χ2v) is 3.75. The fourth-order valence-corrected chi connectivity index (χ4v) is 1.35. The van der Waals surface area contributed by atoms with Crippen LogP contribution < -0.4 is 10.5 Å². The van der Waals surface area contributed by atoms with E-state index in [1.807, 2.05) is 12.1 Å². The molecule has 18 heavy (non-hydrogen) atoms. The minimum atomic E-state index is 0.0448. The lowest BCUT2D eigenvalue weighted by molar-refractivity contribution is 0.0644. The number of ether oxygens (including phenoxy) is 3. The number of nitrogens with one attached hydrogen (secondary N) is 1. The average Bonchev–Trinajstić information content (AvgIpc) is 2.38. The highest BCUT2D eigenvalue weighted by molar-refractivity contribution is 5.95. The second-order valence-electron chi connectivity index (χ2n) is 3.75. The molecule has 0 saturated heterocycles. The first kappa shape index (κ1) is 14.5. The SMILES string of the molecule is COCCOCCCOc1cccc(C(=N)N)c1. The summed E-state index contributed by atoms with van der Waals surface area (Å²) in [5.41, 5.74) is 6.07. The van der Waals surface area contributed by atoms with Crippen molar-refractivity contribution in [2.24, 2.45) is 5.73 Å².